The number of aromatic nitrogens is 2. The molecule has 0 saturated heterocycles. The van der Waals surface area contributed by atoms with Gasteiger partial charge in [0.2, 0.25) is 0 Å². The Hall–Kier alpha value is -2.77. The number of carbonyl (C=O) groups is 1. The van der Waals surface area contributed by atoms with Crippen LogP contribution in [0.1, 0.15) is 41.1 Å². The normalized spacial score (nSPS) is 16.9. The van der Waals surface area contributed by atoms with Gasteiger partial charge in [0.05, 0.1) is 23.2 Å². The van der Waals surface area contributed by atoms with E-state index in [0.29, 0.717) is 16.5 Å². The molecule has 2 aromatic carbocycles. The third kappa shape index (κ3) is 3.83. The van der Waals surface area contributed by atoms with Crippen molar-refractivity contribution in [2.45, 2.75) is 37.1 Å². The van der Waals surface area contributed by atoms with Crippen LogP contribution in [0.4, 0.5) is 8.78 Å². The molecule has 0 radical (unpaired) electrons. The van der Waals surface area contributed by atoms with E-state index in [0.717, 1.165) is 35.4 Å². The summed E-state index contributed by atoms with van der Waals surface area (Å²) in [5.74, 6) is -4.57. The van der Waals surface area contributed by atoms with Crippen LogP contribution in [0.25, 0.3) is 0 Å². The quantitative estimate of drug-likeness (QED) is 0.570. The van der Waals surface area contributed by atoms with E-state index in [1.165, 1.54) is 12.1 Å². The second-order valence-electron chi connectivity index (χ2n) is 8.49. The van der Waals surface area contributed by atoms with E-state index in [4.69, 9.17) is 28.2 Å². The van der Waals surface area contributed by atoms with Crippen molar-refractivity contribution in [1.82, 2.24) is 14.9 Å². The lowest BCUT2D eigenvalue weighted by atomic mass is 9.94. The maximum atomic E-state index is 14.9. The Kier molecular flexibility index (Phi) is 5.29. The van der Waals surface area contributed by atoms with E-state index < -0.39 is 28.4 Å². The fourth-order valence-corrected chi connectivity index (χ4v) is 4.78. The van der Waals surface area contributed by atoms with Crippen molar-refractivity contribution in [3.05, 3.63) is 97.1 Å². The number of rotatable bonds is 4. The minimum atomic E-state index is -3.76. The van der Waals surface area contributed by atoms with Gasteiger partial charge in [-0.15, -0.1) is 0 Å². The van der Waals surface area contributed by atoms with E-state index in [1.54, 1.807) is 6.07 Å². The Balaban J connectivity index is 1.43. The van der Waals surface area contributed by atoms with E-state index >= 15 is 0 Å². The van der Waals surface area contributed by atoms with Crippen molar-refractivity contribution in [3.8, 4) is 0 Å². The van der Waals surface area contributed by atoms with Gasteiger partial charge in [0.25, 0.3) is 11.5 Å². The molecule has 1 saturated carbocycles. The maximum Gasteiger partial charge on any atom is 0.350 e. The molecule has 1 aliphatic carbocycles. The average molecular weight is 490 g/mol. The zero-order chi connectivity index (χ0) is 23.4. The molecule has 0 spiro atoms. The molecule has 1 aromatic heterocycles. The van der Waals surface area contributed by atoms with Gasteiger partial charge in [0.1, 0.15) is 5.82 Å². The summed E-state index contributed by atoms with van der Waals surface area (Å²) in [6.07, 6.45) is 1.87. The lowest BCUT2D eigenvalue weighted by Gasteiger charge is -2.31. The Morgan fingerprint density at radius 2 is 1.79 bits per heavy atom. The minimum absolute atomic E-state index is 0.0437. The Bertz CT molecular complexity index is 1320. The molecule has 2 heterocycles. The van der Waals surface area contributed by atoms with E-state index in [-0.39, 0.29) is 30.1 Å². The largest absolute Gasteiger partial charge is 0.350 e. The van der Waals surface area contributed by atoms with Crippen LogP contribution < -0.4 is 5.56 Å². The molecule has 9 heteroatoms. The minimum Gasteiger partial charge on any atom is -0.332 e. The first kappa shape index (κ1) is 22.0. The first-order chi connectivity index (χ1) is 15.7. The number of hydrogen-bond acceptors (Lipinski definition) is 3. The number of aromatic amines is 1. The molecule has 1 amide bonds. The van der Waals surface area contributed by atoms with Gasteiger partial charge in [-0.3, -0.25) is 9.59 Å². The molecule has 1 fully saturated rings. The summed E-state index contributed by atoms with van der Waals surface area (Å²) < 4.78 is 29.8. The molecular formula is C24H19Cl2F2N3O2. The summed E-state index contributed by atoms with van der Waals surface area (Å²) in [6, 6.07) is 12.5. The first-order valence-corrected chi connectivity index (χ1v) is 11.3. The van der Waals surface area contributed by atoms with Crippen molar-refractivity contribution >= 4 is 29.1 Å². The lowest BCUT2D eigenvalue weighted by molar-refractivity contribution is -0.160. The number of alkyl halides is 2. The molecule has 5 rings (SSSR count). The van der Waals surface area contributed by atoms with Crippen LogP contribution in [-0.4, -0.2) is 27.3 Å². The van der Waals surface area contributed by atoms with Gasteiger partial charge in [-0.1, -0.05) is 47.5 Å². The van der Waals surface area contributed by atoms with Crippen molar-refractivity contribution in [2.24, 2.45) is 0 Å². The van der Waals surface area contributed by atoms with Gasteiger partial charge in [-0.05, 0) is 42.7 Å². The molecule has 5 nitrogen and oxygen atoms in total. The number of amides is 1. The highest BCUT2D eigenvalue weighted by molar-refractivity contribution is 6.31. The summed E-state index contributed by atoms with van der Waals surface area (Å²) in [5, 5.41) is 0.722. The van der Waals surface area contributed by atoms with Crippen molar-refractivity contribution in [2.75, 3.05) is 6.54 Å². The predicted octanol–water partition coefficient (Wildman–Crippen LogP) is 4.83. The first-order valence-electron chi connectivity index (χ1n) is 10.5. The Morgan fingerprint density at radius 3 is 2.45 bits per heavy atom. The maximum absolute atomic E-state index is 14.9. The Morgan fingerprint density at radius 1 is 1.09 bits per heavy atom. The third-order valence-corrected chi connectivity index (χ3v) is 6.86. The highest BCUT2D eigenvalue weighted by Crippen LogP contribution is 2.52. The van der Waals surface area contributed by atoms with Crippen LogP contribution >= 0.6 is 23.2 Å². The molecular weight excluding hydrogens is 471 g/mol. The van der Waals surface area contributed by atoms with Crippen LogP contribution in [0.3, 0.4) is 0 Å². The molecule has 0 bridgehead atoms. The molecule has 1 N–H and O–H groups in total. The van der Waals surface area contributed by atoms with Crippen molar-refractivity contribution in [3.63, 3.8) is 0 Å². The third-order valence-electron chi connectivity index (χ3n) is 6.39. The fraction of sp³-hybridized carbons (Fsp3) is 0.292. The standard InChI is InChI=1S/C24H19Cl2F2N3O2/c25-16-5-1-3-14(11-16)23(8-9-23)21-29-19-7-10-31(13-18(19)20(32)30-21)22(33)24(27,28)15-4-2-6-17(26)12-15/h1-6,11-12H,7-10,13H2,(H,29,30,32). The topological polar surface area (TPSA) is 66.1 Å². The highest BCUT2D eigenvalue weighted by atomic mass is 35.5. The molecule has 3 aromatic rings. The highest BCUT2D eigenvalue weighted by Gasteiger charge is 2.49. The van der Waals surface area contributed by atoms with Gasteiger partial charge < -0.3 is 9.88 Å². The molecule has 1 aliphatic heterocycles. The number of nitrogens with one attached hydrogen (secondary N) is 1. The zero-order valence-electron chi connectivity index (χ0n) is 17.4. The van der Waals surface area contributed by atoms with Crippen LogP contribution in [-0.2, 0) is 29.1 Å². The summed E-state index contributed by atoms with van der Waals surface area (Å²) in [5.41, 5.74) is 0.467. The predicted molar refractivity (Wildman–Crippen MR) is 121 cm³/mol. The van der Waals surface area contributed by atoms with Gasteiger partial charge in [0, 0.05) is 28.6 Å². The second-order valence-corrected chi connectivity index (χ2v) is 9.37. The fourth-order valence-electron chi connectivity index (χ4n) is 4.40. The van der Waals surface area contributed by atoms with Crippen LogP contribution in [0.15, 0.2) is 53.3 Å². The van der Waals surface area contributed by atoms with E-state index in [2.05, 4.69) is 4.98 Å². The van der Waals surface area contributed by atoms with E-state index in [1.807, 2.05) is 18.2 Å². The number of fused-ring (bicyclic) bond motifs is 1. The zero-order valence-corrected chi connectivity index (χ0v) is 18.9. The summed E-state index contributed by atoms with van der Waals surface area (Å²) in [7, 11) is 0. The van der Waals surface area contributed by atoms with Gasteiger partial charge >= 0.3 is 5.92 Å². The summed E-state index contributed by atoms with van der Waals surface area (Å²) in [4.78, 5) is 34.2. The van der Waals surface area contributed by atoms with Crippen molar-refractivity contribution in [1.29, 1.82) is 0 Å². The number of carbonyl (C=O) groups excluding carboxylic acids is 1. The van der Waals surface area contributed by atoms with Gasteiger partial charge in [-0.25, -0.2) is 4.98 Å². The smallest absolute Gasteiger partial charge is 0.332 e. The molecule has 33 heavy (non-hydrogen) atoms. The van der Waals surface area contributed by atoms with Crippen molar-refractivity contribution < 1.29 is 13.6 Å². The SMILES string of the molecule is O=C(N1CCc2nc(C3(c4cccc(Cl)c4)CC3)[nH]c(=O)c2C1)C(F)(F)c1cccc(Cl)c1. The summed E-state index contributed by atoms with van der Waals surface area (Å²) >= 11 is 12.0. The number of benzene rings is 2. The molecule has 170 valence electrons. The number of nitrogens with zero attached hydrogens (tertiary/aromatic N) is 2. The van der Waals surface area contributed by atoms with Crippen LogP contribution in [0.5, 0.6) is 0 Å². The monoisotopic (exact) mass is 489 g/mol. The molecule has 0 unspecified atom stereocenters. The number of halogens is 4. The Labute approximate surface area is 198 Å². The van der Waals surface area contributed by atoms with E-state index in [9.17, 15) is 18.4 Å². The lowest BCUT2D eigenvalue weighted by Crippen LogP contribution is -2.46. The van der Waals surface area contributed by atoms with Crippen LogP contribution in [0.2, 0.25) is 10.0 Å². The summed E-state index contributed by atoms with van der Waals surface area (Å²) in [6.45, 7) is -0.181. The van der Waals surface area contributed by atoms with Crippen LogP contribution in [0, 0.1) is 0 Å². The number of H-pyrrole nitrogens is 1. The van der Waals surface area contributed by atoms with Gasteiger partial charge in [-0.2, -0.15) is 8.78 Å². The molecule has 2 aliphatic rings. The number of hydrogen-bond donors (Lipinski definition) is 1. The van der Waals surface area contributed by atoms with Gasteiger partial charge in [0.15, 0.2) is 0 Å². The average Bonchev–Trinajstić information content (AvgIpc) is 3.60. The molecule has 0 atom stereocenters. The second kappa shape index (κ2) is 7.92.